The van der Waals surface area contributed by atoms with Crippen molar-refractivity contribution >= 4 is 39.5 Å². The molecule has 94 heavy (non-hydrogen) atoms. The van der Waals surface area contributed by atoms with Gasteiger partial charge in [-0.05, 0) is 31.6 Å². The van der Waals surface area contributed by atoms with Crippen molar-refractivity contribution < 1.29 is 80.2 Å². The quantitative estimate of drug-likeness (QED) is 0.0222. The fraction of sp³-hybridized carbons (Fsp3) is 0.947. The molecule has 6 atom stereocenters. The van der Waals surface area contributed by atoms with E-state index in [1.165, 1.54) is 218 Å². The first-order valence-corrected chi connectivity index (χ1v) is 42.2. The number of carbonyl (C=O) groups is 4. The zero-order chi connectivity index (χ0) is 69.1. The molecule has 0 rings (SSSR count). The van der Waals surface area contributed by atoms with Gasteiger partial charge in [0.05, 0.1) is 26.4 Å². The number of carbonyl (C=O) groups excluding carboxylic acids is 4. The lowest BCUT2D eigenvalue weighted by Gasteiger charge is -2.21. The zero-order valence-corrected chi connectivity index (χ0v) is 62.9. The molecule has 0 aliphatic carbocycles. The molecule has 3 unspecified atom stereocenters. The van der Waals surface area contributed by atoms with E-state index in [9.17, 15) is 43.2 Å². The molecule has 0 aromatic heterocycles. The van der Waals surface area contributed by atoms with Crippen LogP contribution in [-0.4, -0.2) is 96.7 Å². The van der Waals surface area contributed by atoms with Crippen LogP contribution in [0.25, 0.3) is 0 Å². The Labute approximate surface area is 575 Å². The molecule has 0 saturated carbocycles. The summed E-state index contributed by atoms with van der Waals surface area (Å²) in [6.07, 6.45) is 56.9. The lowest BCUT2D eigenvalue weighted by atomic mass is 9.99. The van der Waals surface area contributed by atoms with Gasteiger partial charge < -0.3 is 33.8 Å². The predicted molar refractivity (Wildman–Crippen MR) is 382 cm³/mol. The summed E-state index contributed by atoms with van der Waals surface area (Å²) in [5, 5.41) is 10.6. The summed E-state index contributed by atoms with van der Waals surface area (Å²) >= 11 is 0. The maximum atomic E-state index is 13.1. The lowest BCUT2D eigenvalue weighted by Crippen LogP contribution is -2.30. The molecule has 3 N–H and O–H groups in total. The topological polar surface area (TPSA) is 237 Å². The molecule has 0 spiro atoms. The molecule has 17 nitrogen and oxygen atoms in total. The Morgan fingerprint density at radius 2 is 0.511 bits per heavy atom. The number of ether oxygens (including phenoxy) is 4. The van der Waals surface area contributed by atoms with Crippen LogP contribution in [0.5, 0.6) is 0 Å². The van der Waals surface area contributed by atoms with Crippen LogP contribution in [0.1, 0.15) is 394 Å². The SMILES string of the molecule is CCCCCCCCCCCCCCCCC(=O)OC[C@H](COP(=O)(O)OC[C@@H](O)COP(=O)(O)OC[C@@H](COC(=O)CCCCCCCCCCC)OC(=O)CCCCCCCCCCC)OC(=O)CCCCCCCCCCCCCCCCCCCCC(C)CC. The van der Waals surface area contributed by atoms with Gasteiger partial charge in [-0.25, -0.2) is 9.13 Å². The van der Waals surface area contributed by atoms with Crippen LogP contribution in [0, 0.1) is 5.92 Å². The molecule has 558 valence electrons. The van der Waals surface area contributed by atoms with E-state index in [-0.39, 0.29) is 25.7 Å². The number of aliphatic hydroxyl groups is 1. The normalized spacial score (nSPS) is 14.3. The van der Waals surface area contributed by atoms with Crippen molar-refractivity contribution in [3.8, 4) is 0 Å². The van der Waals surface area contributed by atoms with Crippen LogP contribution in [-0.2, 0) is 65.4 Å². The van der Waals surface area contributed by atoms with E-state index in [0.717, 1.165) is 95.8 Å². The van der Waals surface area contributed by atoms with Crippen LogP contribution in [0.4, 0.5) is 0 Å². The zero-order valence-electron chi connectivity index (χ0n) is 61.1. The van der Waals surface area contributed by atoms with Crippen molar-refractivity contribution in [3.63, 3.8) is 0 Å². The van der Waals surface area contributed by atoms with Gasteiger partial charge in [0.2, 0.25) is 0 Å². The number of rotatable bonds is 75. The second kappa shape index (κ2) is 68.2. The van der Waals surface area contributed by atoms with Crippen LogP contribution < -0.4 is 0 Å². The molecule has 0 amide bonds. The second-order valence-electron chi connectivity index (χ2n) is 27.3. The predicted octanol–water partition coefficient (Wildman–Crippen LogP) is 22.1. The summed E-state index contributed by atoms with van der Waals surface area (Å²) in [4.78, 5) is 72.6. The molecule has 0 aliphatic rings. The van der Waals surface area contributed by atoms with Crippen molar-refractivity contribution in [2.75, 3.05) is 39.6 Å². The third-order valence-corrected chi connectivity index (χ3v) is 19.8. The third-order valence-electron chi connectivity index (χ3n) is 17.9. The van der Waals surface area contributed by atoms with E-state index in [1.54, 1.807) is 0 Å². The highest BCUT2D eigenvalue weighted by molar-refractivity contribution is 7.47. The monoisotopic (exact) mass is 1380 g/mol. The lowest BCUT2D eigenvalue weighted by molar-refractivity contribution is -0.161. The Bertz CT molecular complexity index is 1810. The first-order chi connectivity index (χ1) is 45.6. The molecule has 0 bridgehead atoms. The van der Waals surface area contributed by atoms with E-state index in [4.69, 9.17) is 37.0 Å². The Balaban J connectivity index is 5.15. The molecule has 0 saturated heterocycles. The van der Waals surface area contributed by atoms with Crippen LogP contribution in [0.15, 0.2) is 0 Å². The highest BCUT2D eigenvalue weighted by Crippen LogP contribution is 2.45. The molecule has 0 aromatic carbocycles. The molecule has 19 heteroatoms. The molecule has 0 radical (unpaired) electrons. The summed E-state index contributed by atoms with van der Waals surface area (Å²) in [6, 6.07) is 0. The van der Waals surface area contributed by atoms with E-state index >= 15 is 0 Å². The van der Waals surface area contributed by atoms with Crippen molar-refractivity contribution in [1.82, 2.24) is 0 Å². The molecular weight excluding hydrogens is 1230 g/mol. The summed E-state index contributed by atoms with van der Waals surface area (Å²) < 4.78 is 68.3. The van der Waals surface area contributed by atoms with Gasteiger partial charge in [-0.1, -0.05) is 343 Å². The van der Waals surface area contributed by atoms with Gasteiger partial charge in [-0.15, -0.1) is 0 Å². The summed E-state index contributed by atoms with van der Waals surface area (Å²) in [5.41, 5.74) is 0. The van der Waals surface area contributed by atoms with Crippen LogP contribution >= 0.6 is 15.6 Å². The Hall–Kier alpha value is -1.94. The van der Waals surface area contributed by atoms with Crippen molar-refractivity contribution in [1.29, 1.82) is 0 Å². The van der Waals surface area contributed by atoms with Gasteiger partial charge in [0.15, 0.2) is 12.2 Å². The smallest absolute Gasteiger partial charge is 0.462 e. The minimum Gasteiger partial charge on any atom is -0.462 e. The van der Waals surface area contributed by atoms with Crippen molar-refractivity contribution in [2.24, 2.45) is 5.92 Å². The summed E-state index contributed by atoms with van der Waals surface area (Å²) in [6.45, 7) is 7.32. The first kappa shape index (κ1) is 92.1. The van der Waals surface area contributed by atoms with Gasteiger partial charge in [0, 0.05) is 25.7 Å². The third kappa shape index (κ3) is 67.3. The second-order valence-corrected chi connectivity index (χ2v) is 30.2. The van der Waals surface area contributed by atoms with Crippen LogP contribution in [0.2, 0.25) is 0 Å². The number of esters is 4. The molecule has 0 fully saturated rings. The average molecular weight is 1380 g/mol. The first-order valence-electron chi connectivity index (χ1n) is 39.2. The number of hydrogen-bond acceptors (Lipinski definition) is 15. The van der Waals surface area contributed by atoms with Gasteiger partial charge in [-0.3, -0.25) is 37.3 Å². The van der Waals surface area contributed by atoms with E-state index in [0.29, 0.717) is 25.7 Å². The number of hydrogen-bond donors (Lipinski definition) is 3. The Kier molecular flexibility index (Phi) is 66.8. The molecule has 0 aromatic rings. The van der Waals surface area contributed by atoms with E-state index in [1.807, 2.05) is 0 Å². The average Bonchev–Trinajstić information content (AvgIpc) is 1.25. The molecular formula is C75H146O17P2. The fourth-order valence-corrected chi connectivity index (χ4v) is 13.1. The minimum absolute atomic E-state index is 0.106. The van der Waals surface area contributed by atoms with Gasteiger partial charge >= 0.3 is 39.5 Å². The largest absolute Gasteiger partial charge is 0.472 e. The number of phosphoric acid groups is 2. The van der Waals surface area contributed by atoms with E-state index < -0.39 is 97.5 Å². The fourth-order valence-electron chi connectivity index (χ4n) is 11.5. The van der Waals surface area contributed by atoms with Crippen molar-refractivity contribution in [3.05, 3.63) is 0 Å². The van der Waals surface area contributed by atoms with Gasteiger partial charge in [0.1, 0.15) is 19.3 Å². The van der Waals surface area contributed by atoms with Gasteiger partial charge in [0.25, 0.3) is 0 Å². The van der Waals surface area contributed by atoms with Gasteiger partial charge in [-0.2, -0.15) is 0 Å². The summed E-state index contributed by atoms with van der Waals surface area (Å²) in [5.74, 6) is -1.25. The molecule has 0 aliphatic heterocycles. The highest BCUT2D eigenvalue weighted by atomic mass is 31.2. The van der Waals surface area contributed by atoms with Crippen LogP contribution in [0.3, 0.4) is 0 Å². The number of aliphatic hydroxyl groups excluding tert-OH is 1. The highest BCUT2D eigenvalue weighted by Gasteiger charge is 2.30. The Morgan fingerprint density at radius 1 is 0.298 bits per heavy atom. The number of unbranched alkanes of at least 4 members (excludes halogenated alkanes) is 46. The maximum Gasteiger partial charge on any atom is 0.472 e. The van der Waals surface area contributed by atoms with E-state index in [2.05, 4.69) is 34.6 Å². The molecule has 0 heterocycles. The minimum atomic E-state index is -4.95. The maximum absolute atomic E-state index is 13.1. The van der Waals surface area contributed by atoms with Crippen molar-refractivity contribution in [2.45, 2.75) is 412 Å². The standard InChI is InChI=1S/C75H146O17P2/c1-6-10-13-16-19-22-23-24-32-35-40-44-49-54-59-73(78)86-65-71(92-75(80)61-56-51-46-41-36-33-30-28-26-25-27-29-31-34-39-42-47-52-57-68(5)9-4)67-90-94(83,84)88-63-69(76)62-87-93(81,82)89-66-70(91-74(79)60-55-50-45-38-21-18-15-12-8-3)64-85-72(77)58-53-48-43-37-20-17-14-11-7-2/h68-71,76H,6-67H2,1-5H3,(H,81,82)(H,83,84)/t68?,69-,70+,71+/m0/s1. The Morgan fingerprint density at radius 3 is 0.755 bits per heavy atom. The number of phosphoric ester groups is 2. The summed E-state index contributed by atoms with van der Waals surface area (Å²) in [7, 11) is -9.90.